The lowest BCUT2D eigenvalue weighted by atomic mass is 9.93. The Balaban J connectivity index is 1.71. The predicted molar refractivity (Wildman–Crippen MR) is 82.9 cm³/mol. The van der Waals surface area contributed by atoms with Gasteiger partial charge < -0.3 is 10.6 Å². The third kappa shape index (κ3) is 4.56. The molecule has 1 fully saturated rings. The summed E-state index contributed by atoms with van der Waals surface area (Å²) < 4.78 is 0. The molecule has 2 heterocycles. The zero-order chi connectivity index (χ0) is 14.6. The Bertz CT molecular complexity index is 444. The van der Waals surface area contributed by atoms with Gasteiger partial charge in [0.2, 0.25) is 5.91 Å². The molecular formula is C15H25N3OS. The number of hydrogen-bond acceptors (Lipinski definition) is 4. The van der Waals surface area contributed by atoms with Crippen molar-refractivity contribution in [2.24, 2.45) is 5.92 Å². The number of carbonyl (C=O) groups is 1. The van der Waals surface area contributed by atoms with Gasteiger partial charge in [-0.3, -0.25) is 4.79 Å². The molecule has 0 radical (unpaired) electrons. The largest absolute Gasteiger partial charge is 0.350 e. The summed E-state index contributed by atoms with van der Waals surface area (Å²) in [6.07, 6.45) is 2.82. The van der Waals surface area contributed by atoms with Gasteiger partial charge in [0, 0.05) is 17.2 Å². The maximum Gasteiger partial charge on any atom is 0.220 e. The van der Waals surface area contributed by atoms with Crippen molar-refractivity contribution in [2.75, 3.05) is 13.1 Å². The van der Waals surface area contributed by atoms with Gasteiger partial charge in [-0.2, -0.15) is 0 Å². The van der Waals surface area contributed by atoms with Crippen LogP contribution in [0.4, 0.5) is 0 Å². The molecule has 1 unspecified atom stereocenters. The smallest absolute Gasteiger partial charge is 0.220 e. The van der Waals surface area contributed by atoms with E-state index in [2.05, 4.69) is 41.8 Å². The summed E-state index contributed by atoms with van der Waals surface area (Å²) in [6, 6.07) is 0. The van der Waals surface area contributed by atoms with Crippen LogP contribution in [0.1, 0.15) is 50.7 Å². The average Bonchev–Trinajstić information content (AvgIpc) is 3.04. The fraction of sp³-hybridized carbons (Fsp3) is 0.733. The third-order valence-electron chi connectivity index (χ3n) is 3.70. The van der Waals surface area contributed by atoms with Crippen LogP contribution in [0.3, 0.4) is 0 Å². The van der Waals surface area contributed by atoms with Gasteiger partial charge >= 0.3 is 0 Å². The minimum atomic E-state index is 0.0776. The Labute approximate surface area is 125 Å². The van der Waals surface area contributed by atoms with E-state index in [9.17, 15) is 4.79 Å². The zero-order valence-corrected chi connectivity index (χ0v) is 13.5. The highest BCUT2D eigenvalue weighted by molar-refractivity contribution is 7.09. The molecule has 0 aromatic carbocycles. The molecule has 1 aromatic rings. The summed E-state index contributed by atoms with van der Waals surface area (Å²) in [5.74, 6) is 0.817. The van der Waals surface area contributed by atoms with Crippen molar-refractivity contribution >= 4 is 17.2 Å². The van der Waals surface area contributed by atoms with Crippen LogP contribution in [-0.2, 0) is 16.8 Å². The van der Waals surface area contributed by atoms with E-state index in [1.165, 1.54) is 6.42 Å². The number of thiazole rings is 1. The van der Waals surface area contributed by atoms with Crippen molar-refractivity contribution in [2.45, 2.75) is 52.0 Å². The van der Waals surface area contributed by atoms with Gasteiger partial charge in [0.1, 0.15) is 5.01 Å². The van der Waals surface area contributed by atoms with Crippen molar-refractivity contribution in [3.63, 3.8) is 0 Å². The molecule has 20 heavy (non-hydrogen) atoms. The van der Waals surface area contributed by atoms with Crippen LogP contribution in [0.25, 0.3) is 0 Å². The van der Waals surface area contributed by atoms with Crippen LogP contribution in [0.15, 0.2) is 5.38 Å². The maximum absolute atomic E-state index is 11.8. The van der Waals surface area contributed by atoms with Gasteiger partial charge in [-0.1, -0.05) is 20.8 Å². The van der Waals surface area contributed by atoms with E-state index in [-0.39, 0.29) is 11.3 Å². The first-order chi connectivity index (χ1) is 9.45. The monoisotopic (exact) mass is 295 g/mol. The molecule has 1 aliphatic heterocycles. The van der Waals surface area contributed by atoms with Gasteiger partial charge in [-0.25, -0.2) is 4.98 Å². The summed E-state index contributed by atoms with van der Waals surface area (Å²) in [7, 11) is 0. The van der Waals surface area contributed by atoms with Crippen molar-refractivity contribution in [3.05, 3.63) is 16.1 Å². The molecule has 1 atom stereocenters. The zero-order valence-electron chi connectivity index (χ0n) is 12.7. The molecule has 1 amide bonds. The van der Waals surface area contributed by atoms with Crippen molar-refractivity contribution in [1.82, 2.24) is 15.6 Å². The molecule has 0 aliphatic carbocycles. The maximum atomic E-state index is 11.8. The highest BCUT2D eigenvalue weighted by Gasteiger charge is 2.18. The highest BCUT2D eigenvalue weighted by atomic mass is 32.1. The SMILES string of the molecule is CC(C)(C)c1csc(CNC(=O)CCC2CCNC2)n1. The van der Waals surface area contributed by atoms with E-state index in [4.69, 9.17) is 0 Å². The minimum Gasteiger partial charge on any atom is -0.350 e. The molecule has 1 aliphatic rings. The molecule has 4 nitrogen and oxygen atoms in total. The van der Waals surface area contributed by atoms with E-state index in [0.717, 1.165) is 30.2 Å². The van der Waals surface area contributed by atoms with Gasteiger partial charge in [0.15, 0.2) is 0 Å². The van der Waals surface area contributed by atoms with Crippen LogP contribution in [-0.4, -0.2) is 24.0 Å². The predicted octanol–water partition coefficient (Wildman–Crippen LogP) is 2.45. The second kappa shape index (κ2) is 6.68. The Morgan fingerprint density at radius 2 is 2.35 bits per heavy atom. The van der Waals surface area contributed by atoms with Crippen molar-refractivity contribution in [1.29, 1.82) is 0 Å². The topological polar surface area (TPSA) is 54.0 Å². The molecule has 2 rings (SSSR count). The lowest BCUT2D eigenvalue weighted by Gasteiger charge is -2.14. The summed E-state index contributed by atoms with van der Waals surface area (Å²) >= 11 is 1.63. The lowest BCUT2D eigenvalue weighted by molar-refractivity contribution is -0.121. The second-order valence-electron chi connectivity index (χ2n) is 6.55. The van der Waals surface area contributed by atoms with E-state index >= 15 is 0 Å². The van der Waals surface area contributed by atoms with Crippen LogP contribution in [0, 0.1) is 5.92 Å². The molecule has 0 saturated carbocycles. The fourth-order valence-corrected chi connectivity index (χ4v) is 3.26. The van der Waals surface area contributed by atoms with Gasteiger partial charge in [0.25, 0.3) is 0 Å². The average molecular weight is 295 g/mol. The number of amides is 1. The first kappa shape index (κ1) is 15.4. The minimum absolute atomic E-state index is 0.0776. The number of carbonyl (C=O) groups excluding carboxylic acids is 1. The Kier molecular flexibility index (Phi) is 5.16. The third-order valence-corrected chi connectivity index (χ3v) is 4.55. The summed E-state index contributed by atoms with van der Waals surface area (Å²) in [6.45, 7) is 9.18. The molecular weight excluding hydrogens is 270 g/mol. The van der Waals surface area contributed by atoms with Gasteiger partial charge in [-0.05, 0) is 31.8 Å². The molecule has 112 valence electrons. The molecule has 5 heteroatoms. The first-order valence-electron chi connectivity index (χ1n) is 7.37. The Hall–Kier alpha value is -0.940. The number of nitrogens with one attached hydrogen (secondary N) is 2. The second-order valence-corrected chi connectivity index (χ2v) is 7.49. The number of rotatable bonds is 5. The normalized spacial score (nSPS) is 19.2. The van der Waals surface area contributed by atoms with Crippen molar-refractivity contribution < 1.29 is 4.79 Å². The Morgan fingerprint density at radius 1 is 1.55 bits per heavy atom. The van der Waals surface area contributed by atoms with E-state index in [1.54, 1.807) is 11.3 Å². The molecule has 2 N–H and O–H groups in total. The summed E-state index contributed by atoms with van der Waals surface area (Å²) in [4.78, 5) is 16.4. The number of nitrogens with zero attached hydrogens (tertiary/aromatic N) is 1. The molecule has 0 bridgehead atoms. The highest BCUT2D eigenvalue weighted by Crippen LogP contribution is 2.23. The van der Waals surface area contributed by atoms with E-state index in [1.807, 2.05) is 0 Å². The quantitative estimate of drug-likeness (QED) is 0.877. The molecule has 1 saturated heterocycles. The number of aromatic nitrogens is 1. The van der Waals surface area contributed by atoms with Gasteiger partial charge in [-0.15, -0.1) is 11.3 Å². The van der Waals surface area contributed by atoms with Crippen LogP contribution >= 0.6 is 11.3 Å². The van der Waals surface area contributed by atoms with Crippen LogP contribution < -0.4 is 10.6 Å². The fourth-order valence-electron chi connectivity index (χ4n) is 2.30. The van der Waals surface area contributed by atoms with Crippen LogP contribution in [0.2, 0.25) is 0 Å². The van der Waals surface area contributed by atoms with Crippen molar-refractivity contribution in [3.8, 4) is 0 Å². The van der Waals surface area contributed by atoms with E-state index in [0.29, 0.717) is 18.9 Å². The number of hydrogen-bond donors (Lipinski definition) is 2. The lowest BCUT2D eigenvalue weighted by Crippen LogP contribution is -2.23. The first-order valence-corrected chi connectivity index (χ1v) is 8.25. The summed E-state index contributed by atoms with van der Waals surface area (Å²) in [5, 5.41) is 9.39. The molecule has 1 aromatic heterocycles. The van der Waals surface area contributed by atoms with Gasteiger partial charge in [0.05, 0.1) is 12.2 Å². The molecule has 0 spiro atoms. The summed E-state index contributed by atoms with van der Waals surface area (Å²) in [5.41, 5.74) is 1.18. The van der Waals surface area contributed by atoms with E-state index < -0.39 is 0 Å². The van der Waals surface area contributed by atoms with Crippen LogP contribution in [0.5, 0.6) is 0 Å². The standard InChI is InChI=1S/C15H25N3OS/c1-15(2,3)12-10-20-14(18-12)9-17-13(19)5-4-11-6-7-16-8-11/h10-11,16H,4-9H2,1-3H3,(H,17,19). The Morgan fingerprint density at radius 3 is 2.95 bits per heavy atom.